The number of unbranched alkanes of at least 4 members (excludes halogenated alkanes) is 1. The summed E-state index contributed by atoms with van der Waals surface area (Å²) < 4.78 is 5.22. The van der Waals surface area contributed by atoms with Gasteiger partial charge in [0.05, 0.1) is 5.75 Å². The molecule has 0 N–H and O–H groups in total. The highest BCUT2D eigenvalue weighted by molar-refractivity contribution is 7.97. The van der Waals surface area contributed by atoms with Gasteiger partial charge in [0.25, 0.3) is 0 Å². The Bertz CT molecular complexity index is 456. The van der Waals surface area contributed by atoms with Crippen LogP contribution in [0.2, 0.25) is 0 Å². The predicted molar refractivity (Wildman–Crippen MR) is 74.4 cm³/mol. The first kappa shape index (κ1) is 13.1. The summed E-state index contributed by atoms with van der Waals surface area (Å²) in [6.07, 6.45) is 3.20. The van der Waals surface area contributed by atoms with E-state index in [1.54, 1.807) is 11.8 Å². The maximum Gasteiger partial charge on any atom is 0.236 e. The third-order valence-corrected chi connectivity index (χ3v) is 3.59. The van der Waals surface area contributed by atoms with Gasteiger partial charge in [-0.25, -0.2) is 0 Å². The van der Waals surface area contributed by atoms with Crippen LogP contribution < -0.4 is 0 Å². The first-order chi connectivity index (χ1) is 8.88. The summed E-state index contributed by atoms with van der Waals surface area (Å²) in [5, 5.41) is 3.98. The van der Waals surface area contributed by atoms with Crippen molar-refractivity contribution in [3.63, 3.8) is 0 Å². The molecule has 96 valence electrons. The van der Waals surface area contributed by atoms with Crippen LogP contribution in [0.4, 0.5) is 0 Å². The first-order valence-electron chi connectivity index (χ1n) is 6.31. The van der Waals surface area contributed by atoms with E-state index in [9.17, 15) is 0 Å². The van der Waals surface area contributed by atoms with Gasteiger partial charge in [0, 0.05) is 12.2 Å². The second kappa shape index (κ2) is 7.21. The summed E-state index contributed by atoms with van der Waals surface area (Å²) in [6, 6.07) is 10.4. The van der Waals surface area contributed by atoms with Crippen molar-refractivity contribution in [2.24, 2.45) is 0 Å². The van der Waals surface area contributed by atoms with Gasteiger partial charge in [-0.3, -0.25) is 0 Å². The zero-order valence-electron chi connectivity index (χ0n) is 10.6. The highest BCUT2D eigenvalue weighted by Gasteiger charge is 2.05. The van der Waals surface area contributed by atoms with Gasteiger partial charge in [-0.1, -0.05) is 48.8 Å². The summed E-state index contributed by atoms with van der Waals surface area (Å²) in [6.45, 7) is 2.16. The SMILES string of the molecule is CCCCc1noc(CSCc2ccccc2)n1. The predicted octanol–water partition coefficient (Wildman–Crippen LogP) is 3.85. The molecule has 1 aromatic carbocycles. The van der Waals surface area contributed by atoms with Crippen molar-refractivity contribution in [1.29, 1.82) is 0 Å². The Balaban J connectivity index is 1.75. The zero-order valence-corrected chi connectivity index (χ0v) is 11.4. The van der Waals surface area contributed by atoms with E-state index in [1.165, 1.54) is 5.56 Å². The summed E-state index contributed by atoms with van der Waals surface area (Å²) in [5.41, 5.74) is 1.33. The van der Waals surface area contributed by atoms with E-state index in [-0.39, 0.29) is 0 Å². The number of hydrogen-bond acceptors (Lipinski definition) is 4. The van der Waals surface area contributed by atoms with Crippen molar-refractivity contribution < 1.29 is 4.52 Å². The van der Waals surface area contributed by atoms with Crippen molar-refractivity contribution in [1.82, 2.24) is 10.1 Å². The topological polar surface area (TPSA) is 38.9 Å². The van der Waals surface area contributed by atoms with E-state index < -0.39 is 0 Å². The molecule has 4 heteroatoms. The molecular weight excluding hydrogens is 244 g/mol. The third kappa shape index (κ3) is 4.18. The molecular formula is C14H18N2OS. The van der Waals surface area contributed by atoms with Gasteiger partial charge in [0.1, 0.15) is 0 Å². The first-order valence-corrected chi connectivity index (χ1v) is 7.47. The minimum absolute atomic E-state index is 0.738. The molecule has 0 saturated heterocycles. The lowest BCUT2D eigenvalue weighted by atomic mass is 10.2. The number of aromatic nitrogens is 2. The summed E-state index contributed by atoms with van der Waals surface area (Å²) in [4.78, 5) is 4.38. The Kier molecular flexibility index (Phi) is 5.27. The maximum absolute atomic E-state index is 5.22. The van der Waals surface area contributed by atoms with Gasteiger partial charge in [0.15, 0.2) is 5.82 Å². The lowest BCUT2D eigenvalue weighted by Gasteiger charge is -1.98. The Morgan fingerprint density at radius 1 is 1.17 bits per heavy atom. The molecule has 0 aliphatic carbocycles. The number of rotatable bonds is 7. The highest BCUT2D eigenvalue weighted by Crippen LogP contribution is 2.16. The van der Waals surface area contributed by atoms with Crippen molar-refractivity contribution >= 4 is 11.8 Å². The molecule has 0 saturated carbocycles. The molecule has 1 heterocycles. The highest BCUT2D eigenvalue weighted by atomic mass is 32.2. The van der Waals surface area contributed by atoms with E-state index >= 15 is 0 Å². The number of hydrogen-bond donors (Lipinski definition) is 0. The van der Waals surface area contributed by atoms with Crippen LogP contribution in [0.3, 0.4) is 0 Å². The fourth-order valence-electron chi connectivity index (χ4n) is 1.62. The number of benzene rings is 1. The van der Waals surface area contributed by atoms with Gasteiger partial charge in [-0.2, -0.15) is 4.98 Å². The van der Waals surface area contributed by atoms with Gasteiger partial charge in [-0.15, -0.1) is 11.8 Å². The van der Waals surface area contributed by atoms with Crippen LogP contribution >= 0.6 is 11.8 Å². The minimum atomic E-state index is 0.738. The normalized spacial score (nSPS) is 10.7. The summed E-state index contributed by atoms with van der Waals surface area (Å²) in [5.74, 6) is 3.34. The Morgan fingerprint density at radius 3 is 2.78 bits per heavy atom. The molecule has 0 radical (unpaired) electrons. The van der Waals surface area contributed by atoms with Crippen LogP contribution in [0.25, 0.3) is 0 Å². The second-order valence-corrected chi connectivity index (χ2v) is 5.17. The molecule has 0 amide bonds. The van der Waals surface area contributed by atoms with Crippen LogP contribution in [-0.2, 0) is 17.9 Å². The number of aryl methyl sites for hydroxylation is 1. The second-order valence-electron chi connectivity index (χ2n) is 4.19. The van der Waals surface area contributed by atoms with Crippen molar-refractivity contribution in [2.45, 2.75) is 37.7 Å². The van der Waals surface area contributed by atoms with Gasteiger partial charge in [0.2, 0.25) is 5.89 Å². The van der Waals surface area contributed by atoms with Gasteiger partial charge in [-0.05, 0) is 12.0 Å². The molecule has 0 bridgehead atoms. The van der Waals surface area contributed by atoms with Crippen molar-refractivity contribution in [3.05, 3.63) is 47.6 Å². The van der Waals surface area contributed by atoms with Crippen LogP contribution in [0, 0.1) is 0 Å². The molecule has 18 heavy (non-hydrogen) atoms. The molecule has 2 rings (SSSR count). The molecule has 3 nitrogen and oxygen atoms in total. The van der Waals surface area contributed by atoms with E-state index in [2.05, 4.69) is 41.3 Å². The van der Waals surface area contributed by atoms with Crippen LogP contribution in [-0.4, -0.2) is 10.1 Å². The quantitative estimate of drug-likeness (QED) is 0.760. The van der Waals surface area contributed by atoms with E-state index in [4.69, 9.17) is 4.52 Å². The van der Waals surface area contributed by atoms with Crippen molar-refractivity contribution in [2.75, 3.05) is 0 Å². The molecule has 1 aromatic heterocycles. The molecule has 0 atom stereocenters. The largest absolute Gasteiger partial charge is 0.338 e. The molecule has 2 aromatic rings. The van der Waals surface area contributed by atoms with Crippen LogP contribution in [0.5, 0.6) is 0 Å². The monoisotopic (exact) mass is 262 g/mol. The average Bonchev–Trinajstić information content (AvgIpc) is 2.85. The smallest absolute Gasteiger partial charge is 0.236 e. The fourth-order valence-corrected chi connectivity index (χ4v) is 2.44. The molecule has 0 aliphatic rings. The fraction of sp³-hybridized carbons (Fsp3) is 0.429. The zero-order chi connectivity index (χ0) is 12.6. The number of nitrogens with zero attached hydrogens (tertiary/aromatic N) is 2. The lowest BCUT2D eigenvalue weighted by molar-refractivity contribution is 0.384. The molecule has 0 aliphatic heterocycles. The van der Waals surface area contributed by atoms with Gasteiger partial charge < -0.3 is 4.52 Å². The Morgan fingerprint density at radius 2 is 2.00 bits per heavy atom. The van der Waals surface area contributed by atoms with Crippen LogP contribution in [0.15, 0.2) is 34.9 Å². The standard InChI is InChI=1S/C14H18N2OS/c1-2-3-9-13-15-14(17-16-13)11-18-10-12-7-5-4-6-8-12/h4-8H,2-3,9-11H2,1H3. The minimum Gasteiger partial charge on any atom is -0.338 e. The third-order valence-electron chi connectivity index (χ3n) is 2.60. The maximum atomic E-state index is 5.22. The molecule has 0 unspecified atom stereocenters. The molecule has 0 spiro atoms. The molecule has 0 fully saturated rings. The van der Waals surface area contributed by atoms with Gasteiger partial charge >= 0.3 is 0 Å². The van der Waals surface area contributed by atoms with Crippen LogP contribution in [0.1, 0.15) is 37.0 Å². The van der Waals surface area contributed by atoms with Crippen molar-refractivity contribution in [3.8, 4) is 0 Å². The Hall–Kier alpha value is -1.29. The Labute approximate surface area is 112 Å². The lowest BCUT2D eigenvalue weighted by Crippen LogP contribution is -1.88. The number of thioether (sulfide) groups is 1. The average molecular weight is 262 g/mol. The van der Waals surface area contributed by atoms with E-state index in [1.807, 2.05) is 6.07 Å². The summed E-state index contributed by atoms with van der Waals surface area (Å²) in [7, 11) is 0. The summed E-state index contributed by atoms with van der Waals surface area (Å²) >= 11 is 1.80. The van der Waals surface area contributed by atoms with E-state index in [0.717, 1.165) is 42.5 Å². The van der Waals surface area contributed by atoms with E-state index in [0.29, 0.717) is 0 Å².